The third kappa shape index (κ3) is 3.50. The Hall–Kier alpha value is -1.02. The van der Waals surface area contributed by atoms with Crippen LogP contribution in [0.25, 0.3) is 0 Å². The van der Waals surface area contributed by atoms with Gasteiger partial charge >= 0.3 is 0 Å². The fraction of sp³-hybridized carbons (Fsp3) is 0.647. The van der Waals surface area contributed by atoms with Crippen LogP contribution in [0.1, 0.15) is 57.8 Å². The van der Waals surface area contributed by atoms with E-state index in [1.165, 1.54) is 5.56 Å². The van der Waals surface area contributed by atoms with Crippen LogP contribution in [-0.4, -0.2) is 11.7 Å². The van der Waals surface area contributed by atoms with Crippen molar-refractivity contribution in [2.75, 3.05) is 6.61 Å². The van der Waals surface area contributed by atoms with Gasteiger partial charge in [-0.25, -0.2) is 0 Å². The molecule has 1 aromatic carbocycles. The largest absolute Gasteiger partial charge is 0.493 e. The number of aliphatic hydroxyl groups excluding tert-OH is 1. The number of rotatable bonds is 3. The van der Waals surface area contributed by atoms with E-state index in [2.05, 4.69) is 33.8 Å². The summed E-state index contributed by atoms with van der Waals surface area (Å²) >= 11 is 0. The molecule has 0 amide bonds. The molecular formula is C17H26O2. The van der Waals surface area contributed by atoms with Gasteiger partial charge in [0.25, 0.3) is 0 Å². The van der Waals surface area contributed by atoms with Crippen LogP contribution in [-0.2, 0) is 6.42 Å². The molecule has 0 bridgehead atoms. The third-order valence-corrected chi connectivity index (χ3v) is 4.37. The lowest BCUT2D eigenvalue weighted by molar-refractivity contribution is 0.110. The van der Waals surface area contributed by atoms with E-state index in [0.717, 1.165) is 37.2 Å². The van der Waals surface area contributed by atoms with Gasteiger partial charge in [0, 0.05) is 0 Å². The van der Waals surface area contributed by atoms with Crippen LogP contribution < -0.4 is 4.74 Å². The van der Waals surface area contributed by atoms with Crippen molar-refractivity contribution in [3.63, 3.8) is 0 Å². The first kappa shape index (κ1) is 14.4. The molecule has 0 radical (unpaired) electrons. The van der Waals surface area contributed by atoms with Crippen molar-refractivity contribution in [3.8, 4) is 5.75 Å². The van der Waals surface area contributed by atoms with Crippen LogP contribution >= 0.6 is 0 Å². The fourth-order valence-electron chi connectivity index (χ4n) is 2.41. The van der Waals surface area contributed by atoms with Crippen LogP contribution in [0.15, 0.2) is 18.2 Å². The molecule has 2 atom stereocenters. The summed E-state index contributed by atoms with van der Waals surface area (Å²) in [5, 5.41) is 10.4. The Morgan fingerprint density at radius 3 is 2.74 bits per heavy atom. The summed E-state index contributed by atoms with van der Waals surface area (Å²) in [6.07, 6.45) is 2.57. The zero-order valence-corrected chi connectivity index (χ0v) is 12.6. The van der Waals surface area contributed by atoms with Crippen molar-refractivity contribution in [1.82, 2.24) is 0 Å². The molecule has 0 spiro atoms. The normalized spacial score (nSPS) is 18.4. The third-order valence-electron chi connectivity index (χ3n) is 4.37. The van der Waals surface area contributed by atoms with Crippen LogP contribution in [0.5, 0.6) is 5.75 Å². The second-order valence-electron chi connectivity index (χ2n) is 6.84. The monoisotopic (exact) mass is 262 g/mol. The molecule has 1 N–H and O–H groups in total. The molecule has 0 fully saturated rings. The standard InChI is InChI=1S/C17H26O2/c1-12(17(2,3)4)10-15(18)13-7-8-16-14(11-13)6-5-9-19-16/h7-8,11-12,15,18H,5-6,9-10H2,1-4H3. The molecule has 0 aromatic heterocycles. The van der Waals surface area contributed by atoms with Gasteiger partial charge in [-0.15, -0.1) is 0 Å². The van der Waals surface area contributed by atoms with Crippen molar-refractivity contribution in [1.29, 1.82) is 0 Å². The van der Waals surface area contributed by atoms with Crippen molar-refractivity contribution < 1.29 is 9.84 Å². The van der Waals surface area contributed by atoms with Gasteiger partial charge in [0.15, 0.2) is 0 Å². The maximum Gasteiger partial charge on any atom is 0.122 e. The number of benzene rings is 1. The lowest BCUT2D eigenvalue weighted by Crippen LogP contribution is -2.20. The minimum absolute atomic E-state index is 0.234. The lowest BCUT2D eigenvalue weighted by Gasteiger charge is -2.29. The molecule has 1 heterocycles. The zero-order valence-electron chi connectivity index (χ0n) is 12.6. The molecular weight excluding hydrogens is 236 g/mol. The highest BCUT2D eigenvalue weighted by molar-refractivity contribution is 5.39. The van der Waals surface area contributed by atoms with Crippen LogP contribution in [0.3, 0.4) is 0 Å². The average Bonchev–Trinajstić information content (AvgIpc) is 2.37. The van der Waals surface area contributed by atoms with Gasteiger partial charge in [0.2, 0.25) is 0 Å². The highest BCUT2D eigenvalue weighted by Crippen LogP contribution is 2.35. The Labute approximate surface area is 116 Å². The van der Waals surface area contributed by atoms with E-state index >= 15 is 0 Å². The molecule has 19 heavy (non-hydrogen) atoms. The number of ether oxygens (including phenoxy) is 1. The fourth-order valence-corrected chi connectivity index (χ4v) is 2.41. The second kappa shape index (κ2) is 5.54. The van der Waals surface area contributed by atoms with Crippen LogP contribution in [0.4, 0.5) is 0 Å². The van der Waals surface area contributed by atoms with E-state index in [1.54, 1.807) is 0 Å². The molecule has 106 valence electrons. The van der Waals surface area contributed by atoms with Gasteiger partial charge in [0.05, 0.1) is 12.7 Å². The van der Waals surface area contributed by atoms with Crippen LogP contribution in [0, 0.1) is 11.3 Å². The quantitative estimate of drug-likeness (QED) is 0.888. The summed E-state index contributed by atoms with van der Waals surface area (Å²) in [5.74, 6) is 1.47. The van der Waals surface area contributed by atoms with Crippen molar-refractivity contribution >= 4 is 0 Å². The first-order chi connectivity index (χ1) is 8.88. The van der Waals surface area contributed by atoms with E-state index < -0.39 is 0 Å². The van der Waals surface area contributed by atoms with Gasteiger partial charge in [-0.1, -0.05) is 33.8 Å². The minimum Gasteiger partial charge on any atom is -0.493 e. The number of aryl methyl sites for hydroxylation is 1. The Morgan fingerprint density at radius 2 is 2.05 bits per heavy atom. The van der Waals surface area contributed by atoms with Crippen molar-refractivity contribution in [3.05, 3.63) is 29.3 Å². The molecule has 2 unspecified atom stereocenters. The van der Waals surface area contributed by atoms with Crippen molar-refractivity contribution in [2.45, 2.75) is 53.1 Å². The first-order valence-electron chi connectivity index (χ1n) is 7.31. The van der Waals surface area contributed by atoms with Crippen molar-refractivity contribution in [2.24, 2.45) is 11.3 Å². The molecule has 0 saturated heterocycles. The van der Waals surface area contributed by atoms with E-state index in [4.69, 9.17) is 4.74 Å². The van der Waals surface area contributed by atoms with E-state index in [0.29, 0.717) is 5.92 Å². The van der Waals surface area contributed by atoms with E-state index in [9.17, 15) is 5.11 Å². The first-order valence-corrected chi connectivity index (χ1v) is 7.31. The van der Waals surface area contributed by atoms with Gasteiger partial charge in [-0.05, 0) is 53.9 Å². The highest BCUT2D eigenvalue weighted by Gasteiger charge is 2.24. The van der Waals surface area contributed by atoms with E-state index in [-0.39, 0.29) is 11.5 Å². The summed E-state index contributed by atoms with van der Waals surface area (Å²) in [5.41, 5.74) is 2.50. The van der Waals surface area contributed by atoms with Crippen LogP contribution in [0.2, 0.25) is 0 Å². The Morgan fingerprint density at radius 1 is 1.32 bits per heavy atom. The Kier molecular flexibility index (Phi) is 4.19. The average molecular weight is 262 g/mol. The number of aliphatic hydroxyl groups is 1. The summed E-state index contributed by atoms with van der Waals surface area (Å²) in [7, 11) is 0. The molecule has 0 saturated carbocycles. The predicted molar refractivity (Wildman–Crippen MR) is 78.5 cm³/mol. The Balaban J connectivity index is 2.09. The van der Waals surface area contributed by atoms with Gasteiger partial charge in [-0.2, -0.15) is 0 Å². The zero-order chi connectivity index (χ0) is 14.0. The topological polar surface area (TPSA) is 29.5 Å². The van der Waals surface area contributed by atoms with Gasteiger partial charge in [-0.3, -0.25) is 0 Å². The number of hydrogen-bond acceptors (Lipinski definition) is 2. The number of hydrogen-bond donors (Lipinski definition) is 1. The summed E-state index contributed by atoms with van der Waals surface area (Å²) in [6, 6.07) is 6.13. The lowest BCUT2D eigenvalue weighted by atomic mass is 9.78. The Bertz CT molecular complexity index is 431. The number of fused-ring (bicyclic) bond motifs is 1. The van der Waals surface area contributed by atoms with E-state index in [1.807, 2.05) is 12.1 Å². The SMILES string of the molecule is CC(CC(O)c1ccc2c(c1)CCCO2)C(C)(C)C. The maximum atomic E-state index is 10.4. The smallest absolute Gasteiger partial charge is 0.122 e. The molecule has 2 nitrogen and oxygen atoms in total. The molecule has 1 aliphatic rings. The highest BCUT2D eigenvalue weighted by atomic mass is 16.5. The summed E-state index contributed by atoms with van der Waals surface area (Å²) in [4.78, 5) is 0. The summed E-state index contributed by atoms with van der Waals surface area (Å²) < 4.78 is 5.61. The predicted octanol–water partition coefficient (Wildman–Crippen LogP) is 4.12. The molecule has 2 heteroatoms. The minimum atomic E-state index is -0.374. The molecule has 2 rings (SSSR count). The molecule has 1 aromatic rings. The van der Waals surface area contributed by atoms with Gasteiger partial charge < -0.3 is 9.84 Å². The second-order valence-corrected chi connectivity index (χ2v) is 6.84. The summed E-state index contributed by atoms with van der Waals surface area (Å²) in [6.45, 7) is 9.71. The molecule has 0 aliphatic carbocycles. The maximum absolute atomic E-state index is 10.4. The van der Waals surface area contributed by atoms with Gasteiger partial charge in [0.1, 0.15) is 5.75 Å². The molecule has 1 aliphatic heterocycles.